The van der Waals surface area contributed by atoms with E-state index in [1.807, 2.05) is 18.3 Å². The van der Waals surface area contributed by atoms with Crippen molar-refractivity contribution in [2.75, 3.05) is 0 Å². The fraction of sp³-hybridized carbons (Fsp3) is 0.467. The smallest absolute Gasteiger partial charge is 0.165 e. The van der Waals surface area contributed by atoms with E-state index in [1.54, 1.807) is 6.20 Å². The Morgan fingerprint density at radius 1 is 1.33 bits per heavy atom. The lowest BCUT2D eigenvalue weighted by Crippen LogP contribution is -2.12. The summed E-state index contributed by atoms with van der Waals surface area (Å²) < 4.78 is 0. The summed E-state index contributed by atoms with van der Waals surface area (Å²) in [6, 6.07) is 3.85. The standard InChI is InChI=1S/C15H18N2O/c18-14(9-11-5-2-1-3-6-11)13-10-17-15-12(13)7-4-8-16-15/h4,7-8,10-11H,1-3,5-6,9H2,(H,16,17). The van der Waals surface area contributed by atoms with E-state index >= 15 is 0 Å². The third-order valence-electron chi connectivity index (χ3n) is 3.95. The Labute approximate surface area is 107 Å². The van der Waals surface area contributed by atoms with Crippen molar-refractivity contribution in [3.05, 3.63) is 30.1 Å². The number of pyridine rings is 1. The molecular weight excluding hydrogens is 224 g/mol. The van der Waals surface area contributed by atoms with E-state index in [1.165, 1.54) is 32.1 Å². The van der Waals surface area contributed by atoms with Gasteiger partial charge in [0.25, 0.3) is 0 Å². The Morgan fingerprint density at radius 3 is 3.00 bits per heavy atom. The zero-order valence-corrected chi connectivity index (χ0v) is 10.5. The summed E-state index contributed by atoms with van der Waals surface area (Å²) in [6.07, 6.45) is 10.6. The normalized spacial score (nSPS) is 17.1. The Hall–Kier alpha value is -1.64. The van der Waals surface area contributed by atoms with Crippen molar-refractivity contribution in [2.24, 2.45) is 5.92 Å². The first-order valence-electron chi connectivity index (χ1n) is 6.80. The van der Waals surface area contributed by atoms with Gasteiger partial charge in [0.2, 0.25) is 0 Å². The number of carbonyl (C=O) groups excluding carboxylic acids is 1. The van der Waals surface area contributed by atoms with Crippen LogP contribution < -0.4 is 0 Å². The van der Waals surface area contributed by atoms with E-state index in [0.29, 0.717) is 12.3 Å². The van der Waals surface area contributed by atoms with Gasteiger partial charge in [-0.3, -0.25) is 4.79 Å². The molecule has 0 bridgehead atoms. The molecular formula is C15H18N2O. The Bertz CT molecular complexity index is 552. The number of nitrogens with one attached hydrogen (secondary N) is 1. The minimum Gasteiger partial charge on any atom is -0.345 e. The van der Waals surface area contributed by atoms with Gasteiger partial charge < -0.3 is 4.98 Å². The molecule has 1 aliphatic rings. The van der Waals surface area contributed by atoms with E-state index in [4.69, 9.17) is 0 Å². The number of aromatic amines is 1. The summed E-state index contributed by atoms with van der Waals surface area (Å²) in [5.74, 6) is 0.856. The summed E-state index contributed by atoms with van der Waals surface area (Å²) in [5, 5.41) is 0.957. The first kappa shape index (κ1) is 11.5. The Morgan fingerprint density at radius 2 is 2.17 bits per heavy atom. The number of fused-ring (bicyclic) bond motifs is 1. The number of hydrogen-bond donors (Lipinski definition) is 1. The maximum atomic E-state index is 12.3. The van der Waals surface area contributed by atoms with Gasteiger partial charge in [-0.05, 0) is 18.1 Å². The van der Waals surface area contributed by atoms with Gasteiger partial charge in [0.15, 0.2) is 5.78 Å². The SMILES string of the molecule is O=C(CC1CCCCC1)c1c[nH]c2ncccc12. The fourth-order valence-corrected chi connectivity index (χ4v) is 2.95. The maximum Gasteiger partial charge on any atom is 0.165 e. The molecule has 0 unspecified atom stereocenters. The number of carbonyl (C=O) groups is 1. The van der Waals surface area contributed by atoms with Crippen LogP contribution in [0.4, 0.5) is 0 Å². The van der Waals surface area contributed by atoms with Crippen LogP contribution in [0.15, 0.2) is 24.5 Å². The topological polar surface area (TPSA) is 45.8 Å². The van der Waals surface area contributed by atoms with Crippen molar-refractivity contribution in [3.63, 3.8) is 0 Å². The number of Topliss-reactive ketones (excluding diaryl/α,β-unsaturated/α-hetero) is 1. The molecule has 0 saturated heterocycles. The van der Waals surface area contributed by atoms with Gasteiger partial charge in [0.05, 0.1) is 0 Å². The van der Waals surface area contributed by atoms with Crippen LogP contribution in [0.2, 0.25) is 0 Å². The molecule has 1 N–H and O–H groups in total. The minimum absolute atomic E-state index is 0.265. The van der Waals surface area contributed by atoms with Gasteiger partial charge in [0, 0.05) is 29.8 Å². The van der Waals surface area contributed by atoms with Crippen molar-refractivity contribution < 1.29 is 4.79 Å². The molecule has 2 aromatic rings. The van der Waals surface area contributed by atoms with Gasteiger partial charge in [-0.25, -0.2) is 4.98 Å². The molecule has 3 heteroatoms. The largest absolute Gasteiger partial charge is 0.345 e. The highest BCUT2D eigenvalue weighted by atomic mass is 16.1. The molecule has 0 radical (unpaired) electrons. The van der Waals surface area contributed by atoms with E-state index in [-0.39, 0.29) is 5.78 Å². The lowest BCUT2D eigenvalue weighted by atomic mass is 9.85. The molecule has 2 aromatic heterocycles. The average Bonchev–Trinajstić information content (AvgIpc) is 2.84. The van der Waals surface area contributed by atoms with Crippen molar-refractivity contribution in [1.82, 2.24) is 9.97 Å². The summed E-state index contributed by atoms with van der Waals surface area (Å²) in [4.78, 5) is 19.6. The number of ketones is 1. The molecule has 1 saturated carbocycles. The van der Waals surface area contributed by atoms with Gasteiger partial charge in [0.1, 0.15) is 5.65 Å². The van der Waals surface area contributed by atoms with Crippen LogP contribution in [-0.2, 0) is 0 Å². The number of aromatic nitrogens is 2. The molecule has 3 nitrogen and oxygen atoms in total. The third-order valence-corrected chi connectivity index (χ3v) is 3.95. The molecule has 0 aliphatic heterocycles. The molecule has 1 fully saturated rings. The van der Waals surface area contributed by atoms with Crippen LogP contribution in [0.3, 0.4) is 0 Å². The van der Waals surface area contributed by atoms with E-state index in [9.17, 15) is 4.79 Å². The van der Waals surface area contributed by atoms with Gasteiger partial charge in [-0.1, -0.05) is 32.1 Å². The fourth-order valence-electron chi connectivity index (χ4n) is 2.95. The number of nitrogens with zero attached hydrogens (tertiary/aromatic N) is 1. The summed E-state index contributed by atoms with van der Waals surface area (Å²) in [7, 11) is 0. The molecule has 0 aromatic carbocycles. The van der Waals surface area contributed by atoms with E-state index < -0.39 is 0 Å². The molecule has 2 heterocycles. The number of rotatable bonds is 3. The van der Waals surface area contributed by atoms with Crippen molar-refractivity contribution in [1.29, 1.82) is 0 Å². The summed E-state index contributed by atoms with van der Waals surface area (Å²) >= 11 is 0. The minimum atomic E-state index is 0.265. The number of hydrogen-bond acceptors (Lipinski definition) is 2. The molecule has 0 amide bonds. The maximum absolute atomic E-state index is 12.3. The quantitative estimate of drug-likeness (QED) is 0.834. The van der Waals surface area contributed by atoms with Crippen LogP contribution in [0.5, 0.6) is 0 Å². The highest BCUT2D eigenvalue weighted by Crippen LogP contribution is 2.28. The van der Waals surface area contributed by atoms with Gasteiger partial charge in [-0.2, -0.15) is 0 Å². The highest BCUT2D eigenvalue weighted by Gasteiger charge is 2.19. The summed E-state index contributed by atoms with van der Waals surface area (Å²) in [5.41, 5.74) is 1.62. The molecule has 18 heavy (non-hydrogen) atoms. The van der Waals surface area contributed by atoms with Crippen molar-refractivity contribution in [3.8, 4) is 0 Å². The molecule has 1 aliphatic carbocycles. The van der Waals surface area contributed by atoms with Crippen molar-refractivity contribution >= 4 is 16.8 Å². The lowest BCUT2D eigenvalue weighted by Gasteiger charge is -2.20. The molecule has 0 spiro atoms. The molecule has 0 atom stereocenters. The number of H-pyrrole nitrogens is 1. The third kappa shape index (κ3) is 2.17. The monoisotopic (exact) mass is 242 g/mol. The van der Waals surface area contributed by atoms with Crippen LogP contribution >= 0.6 is 0 Å². The molecule has 94 valence electrons. The van der Waals surface area contributed by atoms with E-state index in [2.05, 4.69) is 9.97 Å². The zero-order valence-electron chi connectivity index (χ0n) is 10.5. The molecule has 3 rings (SSSR count). The first-order chi connectivity index (χ1) is 8.84. The van der Waals surface area contributed by atoms with Gasteiger partial charge in [-0.15, -0.1) is 0 Å². The van der Waals surface area contributed by atoms with Crippen LogP contribution in [0.25, 0.3) is 11.0 Å². The van der Waals surface area contributed by atoms with Crippen LogP contribution in [-0.4, -0.2) is 15.8 Å². The highest BCUT2D eigenvalue weighted by molar-refractivity contribution is 6.07. The van der Waals surface area contributed by atoms with Crippen LogP contribution in [0, 0.1) is 5.92 Å². The second-order valence-corrected chi connectivity index (χ2v) is 5.23. The first-order valence-corrected chi connectivity index (χ1v) is 6.80. The Balaban J connectivity index is 1.79. The van der Waals surface area contributed by atoms with Gasteiger partial charge >= 0.3 is 0 Å². The second kappa shape index (κ2) is 4.92. The summed E-state index contributed by atoms with van der Waals surface area (Å²) in [6.45, 7) is 0. The zero-order chi connectivity index (χ0) is 12.4. The second-order valence-electron chi connectivity index (χ2n) is 5.23. The van der Waals surface area contributed by atoms with Crippen molar-refractivity contribution in [2.45, 2.75) is 38.5 Å². The van der Waals surface area contributed by atoms with E-state index in [0.717, 1.165) is 16.6 Å². The predicted octanol–water partition coefficient (Wildman–Crippen LogP) is 3.72. The Kier molecular flexibility index (Phi) is 3.13. The lowest BCUT2D eigenvalue weighted by molar-refractivity contribution is 0.0952. The predicted molar refractivity (Wildman–Crippen MR) is 71.6 cm³/mol. The average molecular weight is 242 g/mol. The van der Waals surface area contributed by atoms with Crippen LogP contribution in [0.1, 0.15) is 48.9 Å².